The average molecular weight is 466 g/mol. The molecule has 5 rings (SSSR count). The highest BCUT2D eigenvalue weighted by Crippen LogP contribution is 2.43. The molecule has 3 aromatic carbocycles. The minimum atomic E-state index is -0.146. The van der Waals surface area contributed by atoms with Gasteiger partial charge in [-0.1, -0.05) is 59.1 Å². The Morgan fingerprint density at radius 1 is 1.00 bits per heavy atom. The molecular formula is C26H21Cl2NO3. The van der Waals surface area contributed by atoms with E-state index in [1.807, 2.05) is 13.0 Å². The van der Waals surface area contributed by atoms with Crippen LogP contribution in [0.5, 0.6) is 11.5 Å². The van der Waals surface area contributed by atoms with Gasteiger partial charge in [-0.2, -0.15) is 0 Å². The smallest absolute Gasteiger partial charge is 0.231 e. The van der Waals surface area contributed by atoms with Crippen LogP contribution in [-0.2, 0) is 13.1 Å². The van der Waals surface area contributed by atoms with E-state index in [1.54, 1.807) is 24.3 Å². The number of halogens is 2. The van der Waals surface area contributed by atoms with Gasteiger partial charge in [0.1, 0.15) is 18.2 Å². The SMILES string of the molecule is Cc1ccc(CN2COc3c(cc4c(c3C)O/C(=C\c3ccc(Cl)c(Cl)c3)C4=O)C2)cc1. The van der Waals surface area contributed by atoms with Crippen LogP contribution in [0.4, 0.5) is 0 Å². The van der Waals surface area contributed by atoms with Gasteiger partial charge >= 0.3 is 0 Å². The van der Waals surface area contributed by atoms with Crippen molar-refractivity contribution >= 4 is 35.1 Å². The van der Waals surface area contributed by atoms with E-state index in [2.05, 4.69) is 36.1 Å². The largest absolute Gasteiger partial charge is 0.477 e. The molecule has 0 saturated heterocycles. The van der Waals surface area contributed by atoms with Crippen molar-refractivity contribution in [1.29, 1.82) is 0 Å². The summed E-state index contributed by atoms with van der Waals surface area (Å²) < 4.78 is 12.1. The van der Waals surface area contributed by atoms with Gasteiger partial charge in [-0.25, -0.2) is 0 Å². The number of nitrogens with zero attached hydrogens (tertiary/aromatic N) is 1. The highest BCUT2D eigenvalue weighted by Gasteiger charge is 2.33. The predicted molar refractivity (Wildman–Crippen MR) is 126 cm³/mol. The third-order valence-corrected chi connectivity index (χ3v) is 6.51. The Morgan fingerprint density at radius 2 is 1.78 bits per heavy atom. The molecule has 32 heavy (non-hydrogen) atoms. The number of hydrogen-bond donors (Lipinski definition) is 0. The first-order valence-corrected chi connectivity index (χ1v) is 11.1. The van der Waals surface area contributed by atoms with Gasteiger partial charge in [0.2, 0.25) is 5.78 Å². The molecule has 0 spiro atoms. The van der Waals surface area contributed by atoms with Crippen LogP contribution >= 0.6 is 23.2 Å². The summed E-state index contributed by atoms with van der Waals surface area (Å²) in [5, 5.41) is 0.893. The van der Waals surface area contributed by atoms with Gasteiger partial charge in [0, 0.05) is 24.2 Å². The number of carbonyl (C=O) groups is 1. The first-order valence-electron chi connectivity index (χ1n) is 10.4. The topological polar surface area (TPSA) is 38.8 Å². The molecular weight excluding hydrogens is 445 g/mol. The molecule has 0 bridgehead atoms. The fourth-order valence-electron chi connectivity index (χ4n) is 4.10. The number of carbonyl (C=O) groups excluding carboxylic acids is 1. The van der Waals surface area contributed by atoms with Crippen LogP contribution in [0.25, 0.3) is 6.08 Å². The van der Waals surface area contributed by atoms with Crippen molar-refractivity contribution in [2.24, 2.45) is 0 Å². The number of fused-ring (bicyclic) bond motifs is 2. The predicted octanol–water partition coefficient (Wildman–Crippen LogP) is 6.58. The van der Waals surface area contributed by atoms with Crippen molar-refractivity contribution in [1.82, 2.24) is 4.90 Å². The Morgan fingerprint density at radius 3 is 2.53 bits per heavy atom. The van der Waals surface area contributed by atoms with E-state index >= 15 is 0 Å². The molecule has 0 saturated carbocycles. The summed E-state index contributed by atoms with van der Waals surface area (Å²) in [4.78, 5) is 15.3. The molecule has 0 radical (unpaired) electrons. The molecule has 0 amide bonds. The van der Waals surface area contributed by atoms with Gasteiger partial charge < -0.3 is 9.47 Å². The van der Waals surface area contributed by atoms with E-state index in [-0.39, 0.29) is 11.5 Å². The van der Waals surface area contributed by atoms with Crippen molar-refractivity contribution in [3.8, 4) is 11.5 Å². The number of ketones is 1. The van der Waals surface area contributed by atoms with Crippen LogP contribution < -0.4 is 9.47 Å². The summed E-state index contributed by atoms with van der Waals surface area (Å²) in [6.07, 6.45) is 1.69. The molecule has 0 unspecified atom stereocenters. The number of Topliss-reactive ketones (excluding diaryl/α,β-unsaturated/α-hetero) is 1. The normalized spacial score (nSPS) is 16.5. The molecule has 6 heteroatoms. The molecule has 4 nitrogen and oxygen atoms in total. The van der Waals surface area contributed by atoms with E-state index in [4.69, 9.17) is 32.7 Å². The summed E-state index contributed by atoms with van der Waals surface area (Å²) >= 11 is 12.1. The second kappa shape index (κ2) is 8.28. The number of allylic oxidation sites excluding steroid dienone is 1. The van der Waals surface area contributed by atoms with Crippen molar-refractivity contribution in [3.63, 3.8) is 0 Å². The first-order chi connectivity index (χ1) is 15.4. The quantitative estimate of drug-likeness (QED) is 0.409. The summed E-state index contributed by atoms with van der Waals surface area (Å²) in [5.74, 6) is 1.48. The Labute approximate surface area is 197 Å². The van der Waals surface area contributed by atoms with Gasteiger partial charge in [-0.15, -0.1) is 0 Å². The Kier molecular flexibility index (Phi) is 5.46. The van der Waals surface area contributed by atoms with Crippen molar-refractivity contribution < 1.29 is 14.3 Å². The summed E-state index contributed by atoms with van der Waals surface area (Å²) in [6.45, 7) is 5.99. The maximum atomic E-state index is 13.1. The molecule has 3 aromatic rings. The Bertz CT molecular complexity index is 1270. The number of rotatable bonds is 3. The third-order valence-electron chi connectivity index (χ3n) is 5.77. The Balaban J connectivity index is 1.41. The van der Waals surface area contributed by atoms with E-state index in [0.29, 0.717) is 34.6 Å². The lowest BCUT2D eigenvalue weighted by molar-refractivity contribution is 0.0876. The molecule has 0 N–H and O–H groups in total. The summed E-state index contributed by atoms with van der Waals surface area (Å²) in [6, 6.07) is 15.6. The zero-order valence-electron chi connectivity index (χ0n) is 17.7. The first kappa shape index (κ1) is 21.1. The molecule has 2 heterocycles. The van der Waals surface area contributed by atoms with Crippen LogP contribution in [0.2, 0.25) is 10.0 Å². The standard InChI is InChI=1S/C26H21Cl2NO3/c1-15-3-5-17(6-4-15)12-29-13-19-11-20-24(30)23(10-18-7-8-21(27)22(28)9-18)32-26(20)16(2)25(19)31-14-29/h3-11H,12-14H2,1-2H3/b23-10-. The second-order valence-corrected chi connectivity index (χ2v) is 9.04. The number of hydrogen-bond acceptors (Lipinski definition) is 4. The van der Waals surface area contributed by atoms with Gasteiger partial charge in [0.05, 0.1) is 15.6 Å². The maximum absolute atomic E-state index is 13.1. The van der Waals surface area contributed by atoms with Gasteiger partial charge in [-0.3, -0.25) is 9.69 Å². The van der Waals surface area contributed by atoms with Crippen LogP contribution in [-0.4, -0.2) is 17.4 Å². The van der Waals surface area contributed by atoms with Crippen LogP contribution in [0.1, 0.15) is 38.2 Å². The minimum absolute atomic E-state index is 0.146. The van der Waals surface area contributed by atoms with Crippen molar-refractivity contribution in [2.75, 3.05) is 6.73 Å². The zero-order chi connectivity index (χ0) is 22.4. The average Bonchev–Trinajstić information content (AvgIpc) is 3.08. The van der Waals surface area contributed by atoms with Gasteiger partial charge in [0.15, 0.2) is 5.76 Å². The fraction of sp³-hybridized carbons (Fsp3) is 0.192. The molecule has 2 aliphatic rings. The van der Waals surface area contributed by atoms with Crippen LogP contribution in [0, 0.1) is 13.8 Å². The molecule has 0 atom stereocenters. The maximum Gasteiger partial charge on any atom is 0.231 e. The molecule has 162 valence electrons. The van der Waals surface area contributed by atoms with Gasteiger partial charge in [-0.05, 0) is 49.2 Å². The van der Waals surface area contributed by atoms with Crippen LogP contribution in [0.15, 0.2) is 54.3 Å². The molecule has 0 fully saturated rings. The zero-order valence-corrected chi connectivity index (χ0v) is 19.3. The molecule has 2 aliphatic heterocycles. The van der Waals surface area contributed by atoms with E-state index in [9.17, 15) is 4.79 Å². The van der Waals surface area contributed by atoms with Crippen LogP contribution in [0.3, 0.4) is 0 Å². The van der Waals surface area contributed by atoms with E-state index < -0.39 is 0 Å². The van der Waals surface area contributed by atoms with Gasteiger partial charge in [0.25, 0.3) is 0 Å². The van der Waals surface area contributed by atoms with E-state index in [1.165, 1.54) is 11.1 Å². The lowest BCUT2D eigenvalue weighted by Crippen LogP contribution is -2.32. The van der Waals surface area contributed by atoms with Crippen molar-refractivity contribution in [2.45, 2.75) is 26.9 Å². The second-order valence-electron chi connectivity index (χ2n) is 8.23. The molecule has 0 aromatic heterocycles. The fourth-order valence-corrected chi connectivity index (χ4v) is 4.41. The number of ether oxygens (including phenoxy) is 2. The minimum Gasteiger partial charge on any atom is -0.477 e. The highest BCUT2D eigenvalue weighted by atomic mass is 35.5. The summed E-state index contributed by atoms with van der Waals surface area (Å²) in [5.41, 5.74) is 5.62. The third kappa shape index (κ3) is 3.90. The van der Waals surface area contributed by atoms with Crippen molar-refractivity contribution in [3.05, 3.63) is 97.7 Å². The lowest BCUT2D eigenvalue weighted by atomic mass is 9.99. The molecule has 0 aliphatic carbocycles. The Hall–Kier alpha value is -2.79. The highest BCUT2D eigenvalue weighted by molar-refractivity contribution is 6.42. The number of aryl methyl sites for hydroxylation is 1. The van der Waals surface area contributed by atoms with E-state index in [0.717, 1.165) is 29.0 Å². The monoisotopic (exact) mass is 465 g/mol. The number of benzene rings is 3. The summed E-state index contributed by atoms with van der Waals surface area (Å²) in [7, 11) is 0. The lowest BCUT2D eigenvalue weighted by Gasteiger charge is -2.30.